The number of hydrogen-bond donors (Lipinski definition) is 1. The number of benzene rings is 1. The van der Waals surface area contributed by atoms with E-state index in [1.165, 1.54) is 27.8 Å². The number of amides is 1. The van der Waals surface area contributed by atoms with Crippen molar-refractivity contribution in [3.8, 4) is 0 Å². The molecule has 2 rings (SSSR count). The second kappa shape index (κ2) is 6.99. The third-order valence-electron chi connectivity index (χ3n) is 3.09. The zero-order chi connectivity index (χ0) is 16.2. The predicted molar refractivity (Wildman–Crippen MR) is 86.6 cm³/mol. The van der Waals surface area contributed by atoms with Gasteiger partial charge in [0.05, 0.1) is 4.90 Å². The minimum atomic E-state index is -3.58. The molecule has 0 saturated carbocycles. The Morgan fingerprint density at radius 1 is 1.32 bits per heavy atom. The Bertz CT molecular complexity index is 738. The molecule has 0 aliphatic heterocycles. The van der Waals surface area contributed by atoms with Crippen molar-refractivity contribution in [2.75, 3.05) is 18.4 Å². The van der Waals surface area contributed by atoms with E-state index >= 15 is 0 Å². The van der Waals surface area contributed by atoms with Crippen LogP contribution in [-0.4, -0.2) is 36.7 Å². The minimum Gasteiger partial charge on any atom is -0.298 e. The van der Waals surface area contributed by atoms with Crippen LogP contribution in [0.3, 0.4) is 0 Å². The van der Waals surface area contributed by atoms with Crippen LogP contribution in [0.1, 0.15) is 24.2 Å². The molecule has 1 heterocycles. The van der Waals surface area contributed by atoms with Crippen molar-refractivity contribution in [3.63, 3.8) is 0 Å². The summed E-state index contributed by atoms with van der Waals surface area (Å²) in [6.45, 7) is 4.32. The van der Waals surface area contributed by atoms with E-state index in [1.807, 2.05) is 0 Å². The van der Waals surface area contributed by atoms with Gasteiger partial charge in [-0.1, -0.05) is 19.9 Å². The lowest BCUT2D eigenvalue weighted by Crippen LogP contribution is -2.30. The molecule has 0 fully saturated rings. The second-order valence-corrected chi connectivity index (χ2v) is 7.24. The fourth-order valence-corrected chi connectivity index (χ4v) is 3.99. The van der Waals surface area contributed by atoms with Gasteiger partial charge in [0.25, 0.3) is 5.91 Å². The summed E-state index contributed by atoms with van der Waals surface area (Å²) in [5.74, 6) is -0.383. The number of anilines is 1. The van der Waals surface area contributed by atoms with E-state index in [0.29, 0.717) is 18.2 Å². The number of hydrogen-bond acceptors (Lipinski definition) is 5. The van der Waals surface area contributed by atoms with Crippen molar-refractivity contribution in [1.29, 1.82) is 0 Å². The first kappa shape index (κ1) is 16.6. The van der Waals surface area contributed by atoms with E-state index in [4.69, 9.17) is 0 Å². The van der Waals surface area contributed by atoms with Gasteiger partial charge >= 0.3 is 0 Å². The van der Waals surface area contributed by atoms with Crippen LogP contribution in [0.25, 0.3) is 0 Å². The standard InChI is InChI=1S/C14H17N3O3S2/c1-3-17(4-2)22(19,20)12-7-5-6-11(10-12)13(18)16-14-15-8-9-21-14/h5-10H,3-4H2,1-2H3,(H,15,16,18). The smallest absolute Gasteiger partial charge is 0.257 e. The first-order valence-corrected chi connectivity index (χ1v) is 9.12. The Hall–Kier alpha value is -1.77. The van der Waals surface area contributed by atoms with Crippen molar-refractivity contribution < 1.29 is 13.2 Å². The van der Waals surface area contributed by atoms with Crippen LogP contribution in [0, 0.1) is 0 Å². The number of nitrogens with zero attached hydrogens (tertiary/aromatic N) is 2. The zero-order valence-electron chi connectivity index (χ0n) is 12.3. The topological polar surface area (TPSA) is 79.4 Å². The minimum absolute atomic E-state index is 0.114. The Labute approximate surface area is 133 Å². The average Bonchev–Trinajstić information content (AvgIpc) is 3.01. The van der Waals surface area contributed by atoms with Gasteiger partial charge in [0.2, 0.25) is 10.0 Å². The summed E-state index contributed by atoms with van der Waals surface area (Å²) in [7, 11) is -3.58. The Kier molecular flexibility index (Phi) is 5.28. The van der Waals surface area contributed by atoms with Gasteiger partial charge in [-0.25, -0.2) is 13.4 Å². The van der Waals surface area contributed by atoms with Crippen LogP contribution >= 0.6 is 11.3 Å². The summed E-state index contributed by atoms with van der Waals surface area (Å²) < 4.78 is 26.3. The molecule has 1 aromatic carbocycles. The average molecular weight is 339 g/mol. The number of aromatic nitrogens is 1. The van der Waals surface area contributed by atoms with E-state index in [1.54, 1.807) is 37.6 Å². The molecule has 0 bridgehead atoms. The molecular formula is C14H17N3O3S2. The fourth-order valence-electron chi connectivity index (χ4n) is 1.96. The lowest BCUT2D eigenvalue weighted by molar-refractivity contribution is 0.102. The molecule has 0 aliphatic carbocycles. The summed E-state index contributed by atoms with van der Waals surface area (Å²) in [6, 6.07) is 6.02. The maximum absolute atomic E-state index is 12.5. The summed E-state index contributed by atoms with van der Waals surface area (Å²) >= 11 is 1.30. The fraction of sp³-hybridized carbons (Fsp3) is 0.286. The van der Waals surface area contributed by atoms with Crippen LogP contribution in [0.5, 0.6) is 0 Å². The molecule has 0 spiro atoms. The molecule has 0 unspecified atom stereocenters. The highest BCUT2D eigenvalue weighted by Gasteiger charge is 2.22. The van der Waals surface area contributed by atoms with E-state index < -0.39 is 10.0 Å². The molecule has 2 aromatic rings. The first-order chi connectivity index (χ1) is 10.5. The van der Waals surface area contributed by atoms with E-state index in [2.05, 4.69) is 10.3 Å². The van der Waals surface area contributed by atoms with E-state index in [9.17, 15) is 13.2 Å². The van der Waals surface area contributed by atoms with Gasteiger partial charge in [0.15, 0.2) is 5.13 Å². The highest BCUT2D eigenvalue weighted by atomic mass is 32.2. The van der Waals surface area contributed by atoms with Crippen LogP contribution in [-0.2, 0) is 10.0 Å². The highest BCUT2D eigenvalue weighted by molar-refractivity contribution is 7.89. The third-order valence-corrected chi connectivity index (χ3v) is 5.83. The van der Waals surface area contributed by atoms with Gasteiger partial charge in [0.1, 0.15) is 0 Å². The summed E-state index contributed by atoms with van der Waals surface area (Å²) in [5.41, 5.74) is 0.281. The quantitative estimate of drug-likeness (QED) is 0.876. The SMILES string of the molecule is CCN(CC)S(=O)(=O)c1cccc(C(=O)Nc2nccs2)c1. The monoisotopic (exact) mass is 339 g/mol. The summed E-state index contributed by atoms with van der Waals surface area (Å²) in [5, 5.41) is 4.86. The molecule has 0 aliphatic rings. The van der Waals surface area contributed by atoms with E-state index in [-0.39, 0.29) is 16.4 Å². The maximum Gasteiger partial charge on any atom is 0.257 e. The van der Waals surface area contributed by atoms with Crippen molar-refractivity contribution in [3.05, 3.63) is 41.4 Å². The lowest BCUT2D eigenvalue weighted by Gasteiger charge is -2.18. The highest BCUT2D eigenvalue weighted by Crippen LogP contribution is 2.18. The van der Waals surface area contributed by atoms with Gasteiger partial charge in [-0.2, -0.15) is 4.31 Å². The van der Waals surface area contributed by atoms with Gasteiger partial charge in [-0.05, 0) is 18.2 Å². The van der Waals surface area contributed by atoms with Gasteiger partial charge in [-0.15, -0.1) is 11.3 Å². The van der Waals surface area contributed by atoms with Crippen molar-refractivity contribution >= 4 is 32.4 Å². The largest absolute Gasteiger partial charge is 0.298 e. The first-order valence-electron chi connectivity index (χ1n) is 6.80. The number of thiazole rings is 1. The Morgan fingerprint density at radius 3 is 2.64 bits per heavy atom. The number of rotatable bonds is 6. The molecule has 0 radical (unpaired) electrons. The van der Waals surface area contributed by atoms with Crippen molar-refractivity contribution in [2.24, 2.45) is 0 Å². The number of sulfonamides is 1. The third kappa shape index (κ3) is 3.52. The number of carbonyl (C=O) groups is 1. The molecule has 6 nitrogen and oxygen atoms in total. The number of carbonyl (C=O) groups excluding carboxylic acids is 1. The molecule has 22 heavy (non-hydrogen) atoms. The predicted octanol–water partition coefficient (Wildman–Crippen LogP) is 2.43. The molecular weight excluding hydrogens is 322 g/mol. The molecule has 8 heteroatoms. The molecule has 0 saturated heterocycles. The Balaban J connectivity index is 2.28. The Morgan fingerprint density at radius 2 is 2.05 bits per heavy atom. The molecule has 118 valence electrons. The molecule has 1 N–H and O–H groups in total. The van der Waals surface area contributed by atoms with Crippen molar-refractivity contribution in [1.82, 2.24) is 9.29 Å². The second-order valence-electron chi connectivity index (χ2n) is 4.41. The molecule has 1 aromatic heterocycles. The zero-order valence-corrected chi connectivity index (χ0v) is 13.9. The van der Waals surface area contributed by atoms with Crippen LogP contribution < -0.4 is 5.32 Å². The van der Waals surface area contributed by atoms with Gasteiger partial charge in [0, 0.05) is 30.2 Å². The van der Waals surface area contributed by atoms with Gasteiger partial charge in [-0.3, -0.25) is 10.1 Å². The van der Waals surface area contributed by atoms with E-state index in [0.717, 1.165) is 0 Å². The molecule has 0 atom stereocenters. The lowest BCUT2D eigenvalue weighted by atomic mass is 10.2. The summed E-state index contributed by atoms with van der Waals surface area (Å²) in [6.07, 6.45) is 1.58. The normalized spacial score (nSPS) is 11.6. The maximum atomic E-state index is 12.5. The van der Waals surface area contributed by atoms with Crippen LogP contribution in [0.2, 0.25) is 0 Å². The number of nitrogens with one attached hydrogen (secondary N) is 1. The van der Waals surface area contributed by atoms with Gasteiger partial charge < -0.3 is 0 Å². The summed E-state index contributed by atoms with van der Waals surface area (Å²) in [4.78, 5) is 16.2. The van der Waals surface area contributed by atoms with Crippen LogP contribution in [0.4, 0.5) is 5.13 Å². The van der Waals surface area contributed by atoms with Crippen LogP contribution in [0.15, 0.2) is 40.7 Å². The molecule has 1 amide bonds. The van der Waals surface area contributed by atoms with Crippen molar-refractivity contribution in [2.45, 2.75) is 18.7 Å².